The predicted molar refractivity (Wildman–Crippen MR) is 101 cm³/mol. The number of para-hydroxylation sites is 1. The van der Waals surface area contributed by atoms with Crippen molar-refractivity contribution in [3.05, 3.63) is 63.5 Å². The lowest BCUT2D eigenvalue weighted by atomic mass is 10.1. The van der Waals surface area contributed by atoms with Crippen LogP contribution in [0.1, 0.15) is 17.5 Å². The standard InChI is InChI=1S/C20H18FN3O4/c1-12-3-2-4-13-7-8-22(19(12)13)20(26)14-9-18(25)23(11-14)15-5-6-16(21)17(10-15)24(27)28/h2-6,10,14H,7-9,11H2,1H3. The highest BCUT2D eigenvalue weighted by Crippen LogP contribution is 2.35. The molecule has 1 atom stereocenters. The maximum Gasteiger partial charge on any atom is 0.306 e. The molecule has 0 aromatic heterocycles. The number of rotatable bonds is 3. The number of hydrogen-bond donors (Lipinski definition) is 0. The van der Waals surface area contributed by atoms with E-state index in [1.54, 1.807) is 4.90 Å². The molecule has 28 heavy (non-hydrogen) atoms. The van der Waals surface area contributed by atoms with E-state index in [0.29, 0.717) is 6.54 Å². The minimum atomic E-state index is -0.961. The predicted octanol–water partition coefficient (Wildman–Crippen LogP) is 2.98. The molecule has 0 N–H and O–H groups in total. The number of benzene rings is 2. The minimum Gasteiger partial charge on any atom is -0.311 e. The summed E-state index contributed by atoms with van der Waals surface area (Å²) in [6.45, 7) is 2.65. The number of nitrogens with zero attached hydrogens (tertiary/aromatic N) is 3. The lowest BCUT2D eigenvalue weighted by Gasteiger charge is -2.23. The number of halogens is 1. The maximum absolute atomic E-state index is 13.6. The van der Waals surface area contributed by atoms with Gasteiger partial charge in [-0.15, -0.1) is 0 Å². The van der Waals surface area contributed by atoms with Crippen molar-refractivity contribution in [1.29, 1.82) is 0 Å². The number of hydrogen-bond acceptors (Lipinski definition) is 4. The van der Waals surface area contributed by atoms with Gasteiger partial charge in [-0.25, -0.2) is 0 Å². The molecule has 4 rings (SSSR count). The average Bonchev–Trinajstić information content (AvgIpc) is 3.26. The van der Waals surface area contributed by atoms with Gasteiger partial charge in [0, 0.05) is 31.3 Å². The van der Waals surface area contributed by atoms with Gasteiger partial charge in [0.25, 0.3) is 0 Å². The van der Waals surface area contributed by atoms with Crippen molar-refractivity contribution in [2.24, 2.45) is 5.92 Å². The summed E-state index contributed by atoms with van der Waals surface area (Å²) in [7, 11) is 0. The molecule has 2 amide bonds. The Hall–Kier alpha value is -3.29. The smallest absolute Gasteiger partial charge is 0.306 e. The number of nitro benzene ring substituents is 1. The summed E-state index contributed by atoms with van der Waals surface area (Å²) in [5, 5.41) is 11.0. The molecule has 2 aliphatic rings. The molecule has 0 spiro atoms. The molecule has 1 unspecified atom stereocenters. The fourth-order valence-corrected chi connectivity index (χ4v) is 4.02. The van der Waals surface area contributed by atoms with E-state index in [1.807, 2.05) is 25.1 Å². The number of anilines is 2. The third kappa shape index (κ3) is 2.90. The van der Waals surface area contributed by atoms with E-state index >= 15 is 0 Å². The van der Waals surface area contributed by atoms with Gasteiger partial charge >= 0.3 is 5.69 Å². The van der Waals surface area contributed by atoms with Crippen LogP contribution in [-0.4, -0.2) is 29.8 Å². The molecule has 1 fully saturated rings. The SMILES string of the molecule is Cc1cccc2c1N(C(=O)C1CC(=O)N(c3ccc(F)c([N+](=O)[O-])c3)C1)CC2. The number of carbonyl (C=O) groups excluding carboxylic acids is 2. The number of nitro groups is 1. The van der Waals surface area contributed by atoms with Crippen LogP contribution in [0.2, 0.25) is 0 Å². The van der Waals surface area contributed by atoms with Crippen LogP contribution in [0.3, 0.4) is 0 Å². The van der Waals surface area contributed by atoms with E-state index in [9.17, 15) is 24.1 Å². The van der Waals surface area contributed by atoms with E-state index in [2.05, 4.69) is 0 Å². The average molecular weight is 383 g/mol. The zero-order valence-electron chi connectivity index (χ0n) is 15.2. The van der Waals surface area contributed by atoms with Crippen molar-refractivity contribution in [2.45, 2.75) is 19.8 Å². The second-order valence-electron chi connectivity index (χ2n) is 7.12. The van der Waals surface area contributed by atoms with Crippen molar-refractivity contribution >= 4 is 28.9 Å². The van der Waals surface area contributed by atoms with Gasteiger partial charge < -0.3 is 9.80 Å². The molecule has 0 saturated carbocycles. The Morgan fingerprint density at radius 2 is 2.07 bits per heavy atom. The molecule has 1 saturated heterocycles. The number of fused-ring (bicyclic) bond motifs is 1. The lowest BCUT2D eigenvalue weighted by molar-refractivity contribution is -0.387. The van der Waals surface area contributed by atoms with E-state index in [-0.39, 0.29) is 30.5 Å². The van der Waals surface area contributed by atoms with Gasteiger partial charge in [0.05, 0.1) is 16.5 Å². The Bertz CT molecular complexity index is 1010. The van der Waals surface area contributed by atoms with Gasteiger partial charge in [0.2, 0.25) is 17.6 Å². The van der Waals surface area contributed by atoms with Crippen molar-refractivity contribution in [3.63, 3.8) is 0 Å². The van der Waals surface area contributed by atoms with Gasteiger partial charge in [-0.1, -0.05) is 18.2 Å². The van der Waals surface area contributed by atoms with E-state index in [4.69, 9.17) is 0 Å². The highest BCUT2D eigenvalue weighted by atomic mass is 19.1. The first-order valence-electron chi connectivity index (χ1n) is 9.01. The molecule has 2 aromatic carbocycles. The highest BCUT2D eigenvalue weighted by Gasteiger charge is 2.39. The quantitative estimate of drug-likeness (QED) is 0.603. The third-order valence-electron chi connectivity index (χ3n) is 5.37. The van der Waals surface area contributed by atoms with Crippen LogP contribution in [0.15, 0.2) is 36.4 Å². The molecule has 0 bridgehead atoms. The molecule has 2 aromatic rings. The van der Waals surface area contributed by atoms with Gasteiger partial charge in [0.15, 0.2) is 0 Å². The first-order valence-corrected chi connectivity index (χ1v) is 9.01. The Morgan fingerprint density at radius 1 is 1.29 bits per heavy atom. The lowest BCUT2D eigenvalue weighted by Crippen LogP contribution is -2.36. The van der Waals surface area contributed by atoms with E-state index < -0.39 is 22.3 Å². The van der Waals surface area contributed by atoms with Gasteiger partial charge in [-0.2, -0.15) is 4.39 Å². The second kappa shape index (κ2) is 6.70. The van der Waals surface area contributed by atoms with Crippen LogP contribution >= 0.6 is 0 Å². The molecular formula is C20H18FN3O4. The number of amides is 2. The monoisotopic (exact) mass is 383 g/mol. The van der Waals surface area contributed by atoms with Crippen LogP contribution in [0.25, 0.3) is 0 Å². The van der Waals surface area contributed by atoms with Crippen molar-refractivity contribution in [2.75, 3.05) is 22.9 Å². The molecular weight excluding hydrogens is 365 g/mol. The summed E-state index contributed by atoms with van der Waals surface area (Å²) in [4.78, 5) is 38.8. The van der Waals surface area contributed by atoms with Crippen LogP contribution in [-0.2, 0) is 16.0 Å². The van der Waals surface area contributed by atoms with E-state index in [1.165, 1.54) is 11.0 Å². The molecule has 8 heteroatoms. The Balaban J connectivity index is 1.57. The summed E-state index contributed by atoms with van der Waals surface area (Å²) in [5.41, 5.74) is 2.58. The van der Waals surface area contributed by atoms with Crippen molar-refractivity contribution in [3.8, 4) is 0 Å². The van der Waals surface area contributed by atoms with Crippen LogP contribution in [0.4, 0.5) is 21.5 Å². The van der Waals surface area contributed by atoms with Gasteiger partial charge in [-0.05, 0) is 36.6 Å². The Kier molecular flexibility index (Phi) is 4.33. The zero-order valence-corrected chi connectivity index (χ0v) is 15.2. The van der Waals surface area contributed by atoms with Gasteiger partial charge in [-0.3, -0.25) is 19.7 Å². The third-order valence-corrected chi connectivity index (χ3v) is 5.37. The maximum atomic E-state index is 13.6. The van der Waals surface area contributed by atoms with Crippen LogP contribution in [0.5, 0.6) is 0 Å². The molecule has 2 aliphatic heterocycles. The molecule has 2 heterocycles. The summed E-state index contributed by atoms with van der Waals surface area (Å²) < 4.78 is 13.6. The summed E-state index contributed by atoms with van der Waals surface area (Å²) in [5.74, 6) is -1.93. The highest BCUT2D eigenvalue weighted by molar-refractivity contribution is 6.05. The van der Waals surface area contributed by atoms with Crippen LogP contribution < -0.4 is 9.80 Å². The Morgan fingerprint density at radius 3 is 2.82 bits per heavy atom. The van der Waals surface area contributed by atoms with E-state index in [0.717, 1.165) is 35.4 Å². The summed E-state index contributed by atoms with van der Waals surface area (Å²) >= 11 is 0. The normalized spacial score (nSPS) is 18.5. The molecule has 144 valence electrons. The number of carbonyl (C=O) groups is 2. The summed E-state index contributed by atoms with van der Waals surface area (Å²) in [6.07, 6.45) is 0.805. The summed E-state index contributed by atoms with van der Waals surface area (Å²) in [6, 6.07) is 9.24. The minimum absolute atomic E-state index is 0.0295. The van der Waals surface area contributed by atoms with Gasteiger partial charge in [0.1, 0.15) is 0 Å². The topological polar surface area (TPSA) is 83.8 Å². The Labute approximate surface area is 160 Å². The fourth-order valence-electron chi connectivity index (χ4n) is 4.02. The van der Waals surface area contributed by atoms with Crippen molar-refractivity contribution < 1.29 is 18.9 Å². The largest absolute Gasteiger partial charge is 0.311 e. The zero-order chi connectivity index (χ0) is 20.0. The first kappa shape index (κ1) is 18.1. The van der Waals surface area contributed by atoms with Crippen molar-refractivity contribution in [1.82, 2.24) is 0 Å². The fraction of sp³-hybridized carbons (Fsp3) is 0.300. The second-order valence-corrected chi connectivity index (χ2v) is 7.12. The molecule has 0 aliphatic carbocycles. The first-order chi connectivity index (χ1) is 13.4. The number of aryl methyl sites for hydroxylation is 1. The molecule has 0 radical (unpaired) electrons. The molecule has 7 nitrogen and oxygen atoms in total. The van der Waals surface area contributed by atoms with Crippen LogP contribution in [0, 0.1) is 28.8 Å².